The lowest BCUT2D eigenvalue weighted by Crippen LogP contribution is -2.26. The minimum Gasteiger partial charge on any atom is -0.300 e. The van der Waals surface area contributed by atoms with Gasteiger partial charge in [0.25, 0.3) is 0 Å². The van der Waals surface area contributed by atoms with Crippen LogP contribution in [0.1, 0.15) is 43.7 Å². The fourth-order valence-electron chi connectivity index (χ4n) is 2.26. The van der Waals surface area contributed by atoms with E-state index in [1.54, 1.807) is 0 Å². The number of aromatic nitrogens is 2. The quantitative estimate of drug-likeness (QED) is 0.881. The topological polar surface area (TPSA) is 54.9 Å². The molecule has 112 valence electrons. The number of rotatable bonds is 6. The lowest BCUT2D eigenvalue weighted by atomic mass is 9.85. The van der Waals surface area contributed by atoms with E-state index in [9.17, 15) is 4.79 Å². The molecule has 1 N–H and O–H groups in total. The van der Waals surface area contributed by atoms with Crippen molar-refractivity contribution >= 4 is 22.4 Å². The molecule has 0 spiro atoms. The summed E-state index contributed by atoms with van der Waals surface area (Å²) in [5.74, 6) is 0.102. The molecular formula is C16H21N3OS. The maximum Gasteiger partial charge on any atom is 0.234 e. The van der Waals surface area contributed by atoms with Crippen LogP contribution in [-0.4, -0.2) is 16.1 Å². The maximum atomic E-state index is 12.6. The number of carbonyl (C=O) groups excluding carboxylic acids is 1. The van der Waals surface area contributed by atoms with Gasteiger partial charge in [-0.05, 0) is 17.9 Å². The lowest BCUT2D eigenvalue weighted by molar-refractivity contribution is -0.118. The van der Waals surface area contributed by atoms with Crippen molar-refractivity contribution in [3.8, 4) is 0 Å². The number of anilines is 1. The zero-order valence-electron chi connectivity index (χ0n) is 12.7. The summed E-state index contributed by atoms with van der Waals surface area (Å²) >= 11 is 1.44. The molecule has 0 saturated carbocycles. The third-order valence-electron chi connectivity index (χ3n) is 3.65. The van der Waals surface area contributed by atoms with Crippen LogP contribution in [-0.2, 0) is 11.2 Å². The molecule has 0 unspecified atom stereocenters. The fourth-order valence-corrected chi connectivity index (χ4v) is 2.95. The van der Waals surface area contributed by atoms with Gasteiger partial charge in [0.05, 0.1) is 5.92 Å². The Morgan fingerprint density at radius 1 is 1.24 bits per heavy atom. The zero-order chi connectivity index (χ0) is 15.2. The molecule has 2 atom stereocenters. The SMILES string of the molecule is CCc1nnc(NC(=O)[C@@H](c2ccccc2)[C@@H](C)CC)s1. The monoisotopic (exact) mass is 303 g/mol. The molecule has 2 aromatic rings. The molecule has 0 aliphatic heterocycles. The van der Waals surface area contributed by atoms with Crippen molar-refractivity contribution in [1.82, 2.24) is 10.2 Å². The van der Waals surface area contributed by atoms with Crippen molar-refractivity contribution in [3.63, 3.8) is 0 Å². The second-order valence-electron chi connectivity index (χ2n) is 5.12. The van der Waals surface area contributed by atoms with Gasteiger partial charge in [0.1, 0.15) is 5.01 Å². The first-order valence-corrected chi connectivity index (χ1v) is 8.15. The van der Waals surface area contributed by atoms with Crippen molar-refractivity contribution in [1.29, 1.82) is 0 Å². The van der Waals surface area contributed by atoms with Crippen LogP contribution in [0.15, 0.2) is 30.3 Å². The molecule has 5 heteroatoms. The number of benzene rings is 1. The van der Waals surface area contributed by atoms with Gasteiger partial charge in [-0.15, -0.1) is 10.2 Å². The molecule has 0 saturated heterocycles. The second kappa shape index (κ2) is 7.31. The highest BCUT2D eigenvalue weighted by Crippen LogP contribution is 2.29. The van der Waals surface area contributed by atoms with Crippen molar-refractivity contribution < 1.29 is 4.79 Å². The Balaban J connectivity index is 2.18. The van der Waals surface area contributed by atoms with Gasteiger partial charge in [0.2, 0.25) is 11.0 Å². The first-order chi connectivity index (χ1) is 10.2. The van der Waals surface area contributed by atoms with E-state index in [1.165, 1.54) is 11.3 Å². The molecule has 0 radical (unpaired) electrons. The Bertz CT molecular complexity index is 582. The maximum absolute atomic E-state index is 12.6. The molecular weight excluding hydrogens is 282 g/mol. The normalized spacial score (nSPS) is 13.7. The van der Waals surface area contributed by atoms with E-state index >= 15 is 0 Å². The Morgan fingerprint density at radius 2 is 1.95 bits per heavy atom. The summed E-state index contributed by atoms with van der Waals surface area (Å²) in [7, 11) is 0. The van der Waals surface area contributed by atoms with Gasteiger partial charge in [0, 0.05) is 0 Å². The van der Waals surface area contributed by atoms with E-state index in [0.29, 0.717) is 5.13 Å². The summed E-state index contributed by atoms with van der Waals surface area (Å²) in [5.41, 5.74) is 1.05. The number of aryl methyl sites for hydroxylation is 1. The van der Waals surface area contributed by atoms with Crippen LogP contribution in [0.25, 0.3) is 0 Å². The van der Waals surface area contributed by atoms with E-state index in [1.807, 2.05) is 37.3 Å². The van der Waals surface area contributed by atoms with E-state index in [2.05, 4.69) is 29.4 Å². The van der Waals surface area contributed by atoms with Crippen molar-refractivity contribution in [2.75, 3.05) is 5.32 Å². The van der Waals surface area contributed by atoms with Gasteiger partial charge in [0.15, 0.2) is 0 Å². The highest BCUT2D eigenvalue weighted by atomic mass is 32.1. The van der Waals surface area contributed by atoms with E-state index in [-0.39, 0.29) is 17.7 Å². The van der Waals surface area contributed by atoms with Gasteiger partial charge in [-0.1, -0.05) is 68.9 Å². The van der Waals surface area contributed by atoms with Gasteiger partial charge in [-0.25, -0.2) is 0 Å². The third-order valence-corrected chi connectivity index (χ3v) is 4.64. The first kappa shape index (κ1) is 15.6. The number of nitrogens with zero attached hydrogens (tertiary/aromatic N) is 2. The molecule has 1 amide bonds. The molecule has 0 aliphatic carbocycles. The van der Waals surface area contributed by atoms with Gasteiger partial charge in [-0.2, -0.15) is 0 Å². The summed E-state index contributed by atoms with van der Waals surface area (Å²) < 4.78 is 0. The van der Waals surface area contributed by atoms with Gasteiger partial charge < -0.3 is 0 Å². The summed E-state index contributed by atoms with van der Waals surface area (Å²) in [6, 6.07) is 9.92. The molecule has 0 fully saturated rings. The fraction of sp³-hybridized carbons (Fsp3) is 0.438. The highest BCUT2D eigenvalue weighted by molar-refractivity contribution is 7.15. The Morgan fingerprint density at radius 3 is 2.52 bits per heavy atom. The molecule has 1 aromatic heterocycles. The summed E-state index contributed by atoms with van der Waals surface area (Å²) in [5, 5.41) is 12.5. The smallest absolute Gasteiger partial charge is 0.234 e. The van der Waals surface area contributed by atoms with Gasteiger partial charge >= 0.3 is 0 Å². The average molecular weight is 303 g/mol. The Kier molecular flexibility index (Phi) is 5.44. The van der Waals surface area contributed by atoms with E-state index in [0.717, 1.165) is 23.4 Å². The number of amides is 1. The lowest BCUT2D eigenvalue weighted by Gasteiger charge is -2.22. The van der Waals surface area contributed by atoms with Crippen LogP contribution >= 0.6 is 11.3 Å². The minimum absolute atomic E-state index is 0.00523. The molecule has 0 aliphatic rings. The Labute approximate surface area is 129 Å². The van der Waals surface area contributed by atoms with Crippen LogP contribution in [0.2, 0.25) is 0 Å². The molecule has 1 heterocycles. The second-order valence-corrected chi connectivity index (χ2v) is 6.18. The predicted molar refractivity (Wildman–Crippen MR) is 86.6 cm³/mol. The van der Waals surface area contributed by atoms with E-state index < -0.39 is 0 Å². The summed E-state index contributed by atoms with van der Waals surface area (Å²) in [6.07, 6.45) is 1.78. The molecule has 4 nitrogen and oxygen atoms in total. The van der Waals surface area contributed by atoms with Crippen molar-refractivity contribution in [3.05, 3.63) is 40.9 Å². The Hall–Kier alpha value is -1.75. The molecule has 0 bridgehead atoms. The molecule has 1 aromatic carbocycles. The summed E-state index contributed by atoms with van der Waals surface area (Å²) in [6.45, 7) is 6.24. The van der Waals surface area contributed by atoms with Crippen molar-refractivity contribution in [2.24, 2.45) is 5.92 Å². The van der Waals surface area contributed by atoms with Crippen LogP contribution < -0.4 is 5.32 Å². The van der Waals surface area contributed by atoms with Crippen LogP contribution in [0.3, 0.4) is 0 Å². The van der Waals surface area contributed by atoms with Crippen LogP contribution in [0, 0.1) is 5.92 Å². The molecule has 2 rings (SSSR count). The van der Waals surface area contributed by atoms with Crippen molar-refractivity contribution in [2.45, 2.75) is 39.5 Å². The average Bonchev–Trinajstić information content (AvgIpc) is 2.96. The number of carbonyl (C=O) groups is 1. The predicted octanol–water partition coefficient (Wildman–Crippen LogP) is 3.87. The van der Waals surface area contributed by atoms with E-state index in [4.69, 9.17) is 0 Å². The number of hydrogen-bond donors (Lipinski definition) is 1. The van der Waals surface area contributed by atoms with Crippen LogP contribution in [0.4, 0.5) is 5.13 Å². The highest BCUT2D eigenvalue weighted by Gasteiger charge is 2.26. The zero-order valence-corrected chi connectivity index (χ0v) is 13.5. The standard InChI is InChI=1S/C16H21N3OS/c1-4-11(3)14(12-9-7-6-8-10-12)15(20)17-16-19-18-13(5-2)21-16/h6-11,14H,4-5H2,1-3H3,(H,17,19,20)/t11-,14+/m0/s1. The largest absolute Gasteiger partial charge is 0.300 e. The number of nitrogens with one attached hydrogen (secondary N) is 1. The summed E-state index contributed by atoms with van der Waals surface area (Å²) in [4.78, 5) is 12.6. The van der Waals surface area contributed by atoms with Crippen LogP contribution in [0.5, 0.6) is 0 Å². The minimum atomic E-state index is -0.162. The van der Waals surface area contributed by atoms with Gasteiger partial charge in [-0.3, -0.25) is 10.1 Å². The first-order valence-electron chi connectivity index (χ1n) is 7.33. The molecule has 21 heavy (non-hydrogen) atoms. The third kappa shape index (κ3) is 3.88. The number of hydrogen-bond acceptors (Lipinski definition) is 4.